The van der Waals surface area contributed by atoms with Crippen molar-refractivity contribution < 1.29 is 41.1 Å². The Bertz CT molecular complexity index is 1100. The summed E-state index contributed by atoms with van der Waals surface area (Å²) in [5, 5.41) is 4.65. The Morgan fingerprint density at radius 2 is 1.95 bits per heavy atom. The number of nitrogens with one attached hydrogen (secondary N) is 2. The topological polar surface area (TPSA) is 95.6 Å². The number of hydrogen-bond acceptors (Lipinski definition) is 4. The smallest absolute Gasteiger partial charge is 0.350 e. The fourth-order valence-corrected chi connectivity index (χ4v) is 5.73. The SMILES string of the molecule is O=C1NCCC1CC(NC(=O)C1C2CCC(CC2(F)F)N1C(=O)C(F)(F)c1cccc(Cl)c1)C(=O)CF. The number of alkyl halides is 5. The number of carbonyl (C=O) groups excluding carboxylic acids is 4. The van der Waals surface area contributed by atoms with E-state index in [1.54, 1.807) is 0 Å². The molecule has 13 heteroatoms. The van der Waals surface area contributed by atoms with E-state index >= 15 is 8.78 Å². The van der Waals surface area contributed by atoms with Crippen LogP contribution in [0.3, 0.4) is 0 Å². The number of piperidine rings is 2. The quantitative estimate of drug-likeness (QED) is 0.488. The molecule has 1 saturated carbocycles. The van der Waals surface area contributed by atoms with Gasteiger partial charge in [0.15, 0.2) is 5.78 Å². The van der Waals surface area contributed by atoms with Crippen LogP contribution in [0.1, 0.15) is 37.7 Å². The highest BCUT2D eigenvalue weighted by molar-refractivity contribution is 6.30. The molecule has 5 rings (SSSR count). The van der Waals surface area contributed by atoms with Gasteiger partial charge in [-0.1, -0.05) is 23.7 Å². The molecule has 1 aromatic carbocycles. The van der Waals surface area contributed by atoms with Gasteiger partial charge in [-0.3, -0.25) is 19.2 Å². The second kappa shape index (κ2) is 10.2. The van der Waals surface area contributed by atoms with Crippen LogP contribution >= 0.6 is 11.6 Å². The van der Waals surface area contributed by atoms with Crippen molar-refractivity contribution in [3.63, 3.8) is 0 Å². The lowest BCUT2D eigenvalue weighted by Crippen LogP contribution is -2.70. The summed E-state index contributed by atoms with van der Waals surface area (Å²) in [5.74, 6) is -14.7. The van der Waals surface area contributed by atoms with E-state index in [-0.39, 0.29) is 24.3 Å². The molecule has 0 radical (unpaired) electrons. The number of amides is 3. The summed E-state index contributed by atoms with van der Waals surface area (Å²) < 4.78 is 73.6. The molecule has 1 aliphatic carbocycles. The van der Waals surface area contributed by atoms with Gasteiger partial charge in [0.25, 0.3) is 11.8 Å². The lowest BCUT2D eigenvalue weighted by Gasteiger charge is -2.54. The average Bonchev–Trinajstić information content (AvgIpc) is 3.25. The highest BCUT2D eigenvalue weighted by atomic mass is 35.5. The van der Waals surface area contributed by atoms with Crippen molar-refractivity contribution in [1.29, 1.82) is 0 Å². The van der Waals surface area contributed by atoms with Crippen LogP contribution in [0.25, 0.3) is 0 Å². The maximum atomic E-state index is 15.3. The van der Waals surface area contributed by atoms with Crippen molar-refractivity contribution >= 4 is 35.1 Å². The number of Topliss-reactive ketones (excluding diaryl/α,β-unsaturated/α-hetero) is 1. The third-order valence-corrected chi connectivity index (χ3v) is 7.65. The molecule has 3 saturated heterocycles. The van der Waals surface area contributed by atoms with Gasteiger partial charge in [-0.2, -0.15) is 8.78 Å². The fourth-order valence-electron chi connectivity index (χ4n) is 5.54. The van der Waals surface area contributed by atoms with Gasteiger partial charge in [-0.15, -0.1) is 0 Å². The third kappa shape index (κ3) is 5.17. The molecule has 202 valence electrons. The summed E-state index contributed by atoms with van der Waals surface area (Å²) in [6.45, 7) is -1.19. The van der Waals surface area contributed by atoms with E-state index in [0.29, 0.717) is 17.9 Å². The zero-order chi connectivity index (χ0) is 27.1. The molecule has 3 amide bonds. The first kappa shape index (κ1) is 27.3. The Labute approximate surface area is 214 Å². The Hall–Kier alpha value is -2.76. The largest absolute Gasteiger partial charge is 0.356 e. The normalized spacial score (nSPS) is 27.5. The van der Waals surface area contributed by atoms with Crippen molar-refractivity contribution in [2.24, 2.45) is 11.8 Å². The number of benzene rings is 1. The lowest BCUT2D eigenvalue weighted by atomic mass is 9.71. The van der Waals surface area contributed by atoms with Gasteiger partial charge in [-0.05, 0) is 37.8 Å². The van der Waals surface area contributed by atoms with Crippen molar-refractivity contribution in [2.45, 2.75) is 62.1 Å². The maximum Gasteiger partial charge on any atom is 0.350 e. The first-order chi connectivity index (χ1) is 17.4. The molecule has 4 fully saturated rings. The van der Waals surface area contributed by atoms with Crippen LogP contribution in [0.2, 0.25) is 5.02 Å². The maximum absolute atomic E-state index is 15.3. The minimum atomic E-state index is -4.19. The van der Waals surface area contributed by atoms with E-state index in [9.17, 15) is 32.3 Å². The molecule has 3 aliphatic heterocycles. The second-order valence-corrected chi connectivity index (χ2v) is 10.2. The molecule has 7 nitrogen and oxygen atoms in total. The van der Waals surface area contributed by atoms with Crippen LogP contribution in [0.15, 0.2) is 24.3 Å². The molecule has 5 unspecified atom stereocenters. The minimum absolute atomic E-state index is 0.0174. The lowest BCUT2D eigenvalue weighted by molar-refractivity contribution is -0.207. The molecule has 5 atom stereocenters. The van der Waals surface area contributed by atoms with Gasteiger partial charge >= 0.3 is 5.92 Å². The van der Waals surface area contributed by atoms with Gasteiger partial charge < -0.3 is 15.5 Å². The van der Waals surface area contributed by atoms with Crippen LogP contribution in [0.5, 0.6) is 0 Å². The Balaban J connectivity index is 1.64. The van der Waals surface area contributed by atoms with Crippen LogP contribution in [-0.4, -0.2) is 65.7 Å². The van der Waals surface area contributed by atoms with Crippen LogP contribution in [0, 0.1) is 11.8 Å². The zero-order valence-corrected chi connectivity index (χ0v) is 20.2. The van der Waals surface area contributed by atoms with Crippen LogP contribution < -0.4 is 10.6 Å². The molecule has 3 heterocycles. The standard InChI is InChI=1S/C24H25ClF5N3O4/c25-14-3-1-2-13(9-14)24(29,30)22(37)33-15-4-5-16(23(27,28)10-15)19(33)21(36)32-17(18(34)11-26)8-12-6-7-31-20(12)35/h1-3,9,12,15-17,19H,4-8,10-11H2,(H,31,35)(H,32,36). The molecule has 2 bridgehead atoms. The molecule has 37 heavy (non-hydrogen) atoms. The molecule has 2 N–H and O–H groups in total. The van der Waals surface area contributed by atoms with Crippen LogP contribution in [0.4, 0.5) is 22.0 Å². The number of halogens is 6. The highest BCUT2D eigenvalue weighted by Crippen LogP contribution is 2.50. The summed E-state index contributed by atoms with van der Waals surface area (Å²) in [4.78, 5) is 51.1. The molecule has 1 aromatic rings. The number of rotatable bonds is 8. The first-order valence-electron chi connectivity index (χ1n) is 11.9. The molecule has 0 spiro atoms. The second-order valence-electron chi connectivity index (χ2n) is 9.72. The van der Waals surface area contributed by atoms with E-state index in [1.165, 1.54) is 12.1 Å². The van der Waals surface area contributed by atoms with Gasteiger partial charge in [0, 0.05) is 35.5 Å². The average molecular weight is 550 g/mol. The summed E-state index contributed by atoms with van der Waals surface area (Å²) in [6.07, 6.45) is -1.10. The van der Waals surface area contributed by atoms with Crippen molar-refractivity contribution in [1.82, 2.24) is 15.5 Å². The van der Waals surface area contributed by atoms with E-state index in [2.05, 4.69) is 10.6 Å². The molecular formula is C24H25ClF5N3O4. The van der Waals surface area contributed by atoms with Gasteiger partial charge in [0.1, 0.15) is 12.7 Å². The molecular weight excluding hydrogens is 525 g/mol. The summed E-state index contributed by atoms with van der Waals surface area (Å²) in [7, 11) is 0. The molecule has 4 aliphatic rings. The minimum Gasteiger partial charge on any atom is -0.356 e. The molecule has 0 aromatic heterocycles. The van der Waals surface area contributed by atoms with Gasteiger partial charge in [0.05, 0.1) is 12.0 Å². The first-order valence-corrected chi connectivity index (χ1v) is 12.3. The third-order valence-electron chi connectivity index (χ3n) is 7.41. The zero-order valence-electron chi connectivity index (χ0n) is 19.5. The monoisotopic (exact) mass is 549 g/mol. The van der Waals surface area contributed by atoms with E-state index in [0.717, 1.165) is 12.1 Å². The Morgan fingerprint density at radius 1 is 1.22 bits per heavy atom. The van der Waals surface area contributed by atoms with Crippen molar-refractivity contribution in [3.05, 3.63) is 34.9 Å². The number of fused-ring (bicyclic) bond motifs is 3. The number of hydrogen-bond donors (Lipinski definition) is 2. The number of carbonyl (C=O) groups is 4. The number of ketones is 1. The Kier molecular flexibility index (Phi) is 7.51. The fraction of sp³-hybridized carbons (Fsp3) is 0.583. The predicted octanol–water partition coefficient (Wildman–Crippen LogP) is 3.00. The predicted molar refractivity (Wildman–Crippen MR) is 121 cm³/mol. The van der Waals surface area contributed by atoms with Crippen LogP contribution in [-0.2, 0) is 25.1 Å². The van der Waals surface area contributed by atoms with Crippen molar-refractivity contribution in [2.75, 3.05) is 13.2 Å². The van der Waals surface area contributed by atoms with Gasteiger partial charge in [0.2, 0.25) is 11.8 Å². The van der Waals surface area contributed by atoms with E-state index in [4.69, 9.17) is 11.6 Å². The van der Waals surface area contributed by atoms with E-state index < -0.39 is 84.0 Å². The van der Waals surface area contributed by atoms with Crippen molar-refractivity contribution in [3.8, 4) is 0 Å². The van der Waals surface area contributed by atoms with Gasteiger partial charge in [-0.25, -0.2) is 13.2 Å². The highest BCUT2D eigenvalue weighted by Gasteiger charge is 2.63. The van der Waals surface area contributed by atoms with E-state index in [1.807, 2.05) is 0 Å². The summed E-state index contributed by atoms with van der Waals surface area (Å²) >= 11 is 5.79. The summed E-state index contributed by atoms with van der Waals surface area (Å²) in [5.41, 5.74) is -0.768. The summed E-state index contributed by atoms with van der Waals surface area (Å²) in [6, 6.07) is -0.585. The number of nitrogens with zero attached hydrogens (tertiary/aromatic N) is 1. The Morgan fingerprint density at radius 3 is 2.54 bits per heavy atom.